The smallest absolute Gasteiger partial charge is 0.0594 e. The maximum absolute atomic E-state index is 10.8. The Hall–Kier alpha value is -0.0400. The Bertz CT molecular complexity index is 680. The quantitative estimate of drug-likeness (QED) is 0.422. The van der Waals surface area contributed by atoms with Crippen molar-refractivity contribution in [1.29, 1.82) is 0 Å². The minimum atomic E-state index is -0.0708. The Morgan fingerprint density at radius 1 is 0.774 bits per heavy atom. The lowest BCUT2D eigenvalue weighted by molar-refractivity contribution is -0.133. The van der Waals surface area contributed by atoms with Gasteiger partial charge in [0.25, 0.3) is 0 Å². The molecule has 2 spiro atoms. The molecule has 0 unspecified atom stereocenters. The van der Waals surface area contributed by atoms with Gasteiger partial charge >= 0.3 is 0 Å². The summed E-state index contributed by atoms with van der Waals surface area (Å²) in [5, 5.41) is 10.8. The number of hydrogen-bond acceptors (Lipinski definition) is 1. The third kappa shape index (κ3) is 3.10. The number of aliphatic hydroxyl groups excluding tert-OH is 1. The fourth-order valence-corrected chi connectivity index (χ4v) is 11.1. The highest BCUT2D eigenvalue weighted by molar-refractivity contribution is 5.28. The number of unbranched alkanes of at least 4 members (excludes halogenated alkanes) is 1. The van der Waals surface area contributed by atoms with E-state index >= 15 is 0 Å². The van der Waals surface area contributed by atoms with Gasteiger partial charge in [-0.15, -0.1) is 0 Å². The van der Waals surface area contributed by atoms with Gasteiger partial charge in [0.05, 0.1) is 6.10 Å². The predicted octanol–water partition coefficient (Wildman–Crippen LogP) is 8.25. The first-order chi connectivity index (χ1) is 14.6. The summed E-state index contributed by atoms with van der Waals surface area (Å²) in [5.74, 6) is 5.55. The van der Waals surface area contributed by atoms with Crippen molar-refractivity contribution in [2.24, 2.45) is 57.2 Å². The minimum absolute atomic E-state index is 0.0708. The van der Waals surface area contributed by atoms with Crippen LogP contribution in [0.2, 0.25) is 0 Å². The van der Waals surface area contributed by atoms with E-state index in [1.54, 1.807) is 0 Å². The van der Waals surface area contributed by atoms with E-state index in [1.165, 1.54) is 77.0 Å². The van der Waals surface area contributed by atoms with E-state index in [-0.39, 0.29) is 11.5 Å². The van der Waals surface area contributed by atoms with Gasteiger partial charge in [0, 0.05) is 0 Å². The SMILES string of the molecule is CC(C)CCCC[C@@H](C)[C@H]1CC[C@H]2[C@@H]3CC[C@H]4C(C)(C)[C@@H](O)CC[C@@]45C[C@@]35CC[C@]12C. The van der Waals surface area contributed by atoms with E-state index < -0.39 is 0 Å². The highest BCUT2D eigenvalue weighted by Crippen LogP contribution is 2.87. The topological polar surface area (TPSA) is 20.2 Å². The van der Waals surface area contributed by atoms with Crippen LogP contribution in [0.15, 0.2) is 0 Å². The van der Waals surface area contributed by atoms with E-state index in [1.807, 2.05) is 0 Å². The maximum atomic E-state index is 10.8. The van der Waals surface area contributed by atoms with Crippen LogP contribution in [0.5, 0.6) is 0 Å². The zero-order chi connectivity index (χ0) is 22.2. The first-order valence-corrected chi connectivity index (χ1v) is 14.3. The van der Waals surface area contributed by atoms with Crippen LogP contribution in [0.4, 0.5) is 0 Å². The maximum Gasteiger partial charge on any atom is 0.0594 e. The number of aliphatic hydroxyl groups is 1. The van der Waals surface area contributed by atoms with Gasteiger partial charge in [0.15, 0.2) is 0 Å². The normalized spacial score (nSPS) is 50.9. The molecule has 0 aliphatic heterocycles. The van der Waals surface area contributed by atoms with Crippen LogP contribution in [0, 0.1) is 57.2 Å². The van der Waals surface area contributed by atoms with Gasteiger partial charge in [-0.1, -0.05) is 67.2 Å². The third-order valence-electron chi connectivity index (χ3n) is 12.7. The largest absolute Gasteiger partial charge is 0.393 e. The van der Waals surface area contributed by atoms with E-state index in [0.29, 0.717) is 16.2 Å². The summed E-state index contributed by atoms with van der Waals surface area (Å²) in [4.78, 5) is 0. The molecular formula is C30H52O. The minimum Gasteiger partial charge on any atom is -0.393 e. The molecule has 5 aliphatic rings. The van der Waals surface area contributed by atoms with Crippen molar-refractivity contribution in [2.75, 3.05) is 0 Å². The molecule has 5 rings (SSSR count). The van der Waals surface area contributed by atoms with Gasteiger partial charge in [0.2, 0.25) is 0 Å². The molecule has 1 N–H and O–H groups in total. The first kappa shape index (κ1) is 22.7. The molecular weight excluding hydrogens is 376 g/mol. The van der Waals surface area contributed by atoms with Crippen LogP contribution < -0.4 is 0 Å². The number of fused-ring (bicyclic) bond motifs is 2. The van der Waals surface area contributed by atoms with Crippen LogP contribution in [0.25, 0.3) is 0 Å². The molecule has 5 saturated carbocycles. The highest BCUT2D eigenvalue weighted by Gasteiger charge is 2.80. The van der Waals surface area contributed by atoms with Crippen molar-refractivity contribution in [3.8, 4) is 0 Å². The summed E-state index contributed by atoms with van der Waals surface area (Å²) >= 11 is 0. The molecule has 0 aromatic rings. The summed E-state index contributed by atoms with van der Waals surface area (Å²) in [5.41, 5.74) is 2.04. The van der Waals surface area contributed by atoms with Crippen molar-refractivity contribution < 1.29 is 5.11 Å². The second-order valence-electron chi connectivity index (χ2n) is 14.6. The summed E-state index contributed by atoms with van der Waals surface area (Å²) in [6.07, 6.45) is 18.5. The fourth-order valence-electron chi connectivity index (χ4n) is 11.1. The molecule has 1 nitrogen and oxygen atoms in total. The van der Waals surface area contributed by atoms with Crippen LogP contribution >= 0.6 is 0 Å². The molecule has 9 atom stereocenters. The highest BCUT2D eigenvalue weighted by atomic mass is 16.3. The first-order valence-electron chi connectivity index (χ1n) is 14.3. The molecule has 0 radical (unpaired) electrons. The van der Waals surface area contributed by atoms with E-state index in [4.69, 9.17) is 0 Å². The van der Waals surface area contributed by atoms with Gasteiger partial charge in [-0.25, -0.2) is 0 Å². The second-order valence-corrected chi connectivity index (χ2v) is 14.6. The fraction of sp³-hybridized carbons (Fsp3) is 1.00. The molecule has 0 aromatic carbocycles. The average molecular weight is 429 g/mol. The van der Waals surface area contributed by atoms with E-state index in [9.17, 15) is 5.11 Å². The zero-order valence-electron chi connectivity index (χ0n) is 21.7. The second kappa shape index (κ2) is 7.48. The summed E-state index contributed by atoms with van der Waals surface area (Å²) in [6.45, 7) is 14.9. The van der Waals surface area contributed by atoms with Crippen molar-refractivity contribution >= 4 is 0 Å². The van der Waals surface area contributed by atoms with E-state index in [2.05, 4.69) is 41.5 Å². The molecule has 5 aliphatic carbocycles. The monoisotopic (exact) mass is 428 g/mol. The molecule has 0 saturated heterocycles. The zero-order valence-corrected chi connectivity index (χ0v) is 21.7. The van der Waals surface area contributed by atoms with Crippen molar-refractivity contribution in [1.82, 2.24) is 0 Å². The van der Waals surface area contributed by atoms with Crippen LogP contribution in [0.1, 0.15) is 125 Å². The Labute approximate surface area is 193 Å². The van der Waals surface area contributed by atoms with Gasteiger partial charge in [-0.2, -0.15) is 0 Å². The lowest BCUT2D eigenvalue weighted by Gasteiger charge is -2.59. The standard InChI is InChI=1S/C30H52O/c1-20(2)9-7-8-10-21(3)22-11-12-23-24-13-14-25-27(4,5)26(31)15-16-30(25)19-29(24,30)18-17-28(22,23)6/h20-26,31H,7-19H2,1-6H3/t21-,22-,23+,24+,25+,26+,28-,29+,30-/m1/s1. The lowest BCUT2D eigenvalue weighted by Crippen LogP contribution is -2.54. The molecule has 0 aromatic heterocycles. The Balaban J connectivity index is 1.30. The van der Waals surface area contributed by atoms with E-state index in [0.717, 1.165) is 41.9 Å². The molecule has 31 heavy (non-hydrogen) atoms. The van der Waals surface area contributed by atoms with Crippen molar-refractivity contribution in [2.45, 2.75) is 131 Å². The van der Waals surface area contributed by atoms with Crippen molar-refractivity contribution in [3.05, 3.63) is 0 Å². The Morgan fingerprint density at radius 3 is 2.23 bits per heavy atom. The van der Waals surface area contributed by atoms with Gasteiger partial charge < -0.3 is 5.11 Å². The van der Waals surface area contributed by atoms with Gasteiger partial charge in [-0.05, 0) is 115 Å². The molecule has 0 bridgehead atoms. The van der Waals surface area contributed by atoms with Crippen molar-refractivity contribution in [3.63, 3.8) is 0 Å². The molecule has 5 fully saturated rings. The predicted molar refractivity (Wildman–Crippen MR) is 131 cm³/mol. The molecule has 0 heterocycles. The number of rotatable bonds is 6. The number of hydrogen-bond donors (Lipinski definition) is 1. The summed E-state index contributed by atoms with van der Waals surface area (Å²) < 4.78 is 0. The molecule has 0 amide bonds. The summed E-state index contributed by atoms with van der Waals surface area (Å²) in [6, 6.07) is 0. The third-order valence-corrected chi connectivity index (χ3v) is 12.7. The van der Waals surface area contributed by atoms with Gasteiger partial charge in [0.1, 0.15) is 0 Å². The Kier molecular flexibility index (Phi) is 5.49. The lowest BCUT2D eigenvalue weighted by atomic mass is 9.46. The molecule has 1 heteroatoms. The summed E-state index contributed by atoms with van der Waals surface area (Å²) in [7, 11) is 0. The van der Waals surface area contributed by atoms with Crippen LogP contribution in [-0.2, 0) is 0 Å². The van der Waals surface area contributed by atoms with Crippen LogP contribution in [0.3, 0.4) is 0 Å². The average Bonchev–Trinajstić information content (AvgIpc) is 3.25. The Morgan fingerprint density at radius 2 is 1.48 bits per heavy atom. The van der Waals surface area contributed by atoms with Gasteiger partial charge in [-0.3, -0.25) is 0 Å². The van der Waals surface area contributed by atoms with Crippen LogP contribution in [-0.4, -0.2) is 11.2 Å². The molecule has 178 valence electrons.